The number of hydrogen-bond acceptors (Lipinski definition) is 10. The monoisotopic (exact) mass is 1010 g/mol. The lowest BCUT2D eigenvalue weighted by Gasteiger charge is -2.40. The maximum atomic E-state index is 13.0. The van der Waals surface area contributed by atoms with E-state index in [4.69, 9.17) is 14.2 Å². The van der Waals surface area contributed by atoms with Crippen molar-refractivity contribution in [3.8, 4) is 0 Å². The minimum atomic E-state index is -1.57. The van der Waals surface area contributed by atoms with E-state index in [0.29, 0.717) is 19.4 Å². The molecule has 6 N–H and O–H groups in total. The van der Waals surface area contributed by atoms with Crippen LogP contribution in [0.25, 0.3) is 0 Å². The third-order valence-corrected chi connectivity index (χ3v) is 14.7. The second kappa shape index (κ2) is 50.6. The van der Waals surface area contributed by atoms with Crippen molar-refractivity contribution in [1.29, 1.82) is 0 Å². The lowest BCUT2D eigenvalue weighted by Crippen LogP contribution is -2.60. The van der Waals surface area contributed by atoms with Gasteiger partial charge in [-0.3, -0.25) is 9.59 Å². The number of ether oxygens (including phenoxy) is 3. The van der Waals surface area contributed by atoms with Crippen LogP contribution in [0.5, 0.6) is 0 Å². The van der Waals surface area contributed by atoms with E-state index in [1.807, 2.05) is 6.08 Å². The Hall–Kier alpha value is -1.60. The SMILES string of the molecule is CCCCCCCCCCCC/C=C/C(O)C(COC1OC(CO)C(O)C(O)C1O)NC(=O)CCCCCCCCCCCCCCCCCCCCCCOC(=O)CCCCCCCCCCCCC. The molecule has 0 aliphatic carbocycles. The molecular formula is C60H115NO10. The molecule has 11 heteroatoms. The molecule has 7 unspecified atom stereocenters. The summed E-state index contributed by atoms with van der Waals surface area (Å²) in [6.07, 6.45) is 48.7. The van der Waals surface area contributed by atoms with Crippen molar-refractivity contribution in [2.75, 3.05) is 19.8 Å². The molecule has 0 saturated carbocycles. The molecule has 0 spiro atoms. The highest BCUT2D eigenvalue weighted by molar-refractivity contribution is 5.76. The van der Waals surface area contributed by atoms with Crippen LogP contribution in [0.4, 0.5) is 0 Å². The van der Waals surface area contributed by atoms with Crippen LogP contribution in [0.2, 0.25) is 0 Å². The average molecular weight is 1010 g/mol. The standard InChI is InChI=1S/C60H115NO10/c1-3-5-7-9-11-13-15-27-30-34-38-42-46-53(63)52(51-70-60-59(68)58(67)57(66)54(50-62)71-60)61-55(64)47-43-39-35-31-28-24-22-20-18-16-17-19-21-23-25-29-33-37-41-45-49-69-56(65)48-44-40-36-32-26-14-12-10-8-6-4-2/h42,46,52-54,57-60,62-63,66-68H,3-41,43-45,47-51H2,1-2H3,(H,61,64)/b46-42+. The minimum Gasteiger partial charge on any atom is -0.466 e. The van der Waals surface area contributed by atoms with Gasteiger partial charge in [-0.25, -0.2) is 0 Å². The number of carbonyl (C=O) groups is 2. The Morgan fingerprint density at radius 2 is 0.887 bits per heavy atom. The van der Waals surface area contributed by atoms with Gasteiger partial charge < -0.3 is 45.1 Å². The molecular weight excluding hydrogens is 895 g/mol. The fourth-order valence-electron chi connectivity index (χ4n) is 9.79. The first kappa shape index (κ1) is 67.4. The second-order valence-corrected chi connectivity index (χ2v) is 21.4. The van der Waals surface area contributed by atoms with Crippen molar-refractivity contribution in [3.63, 3.8) is 0 Å². The summed E-state index contributed by atoms with van der Waals surface area (Å²) < 4.78 is 16.7. The molecule has 1 aliphatic heterocycles. The second-order valence-electron chi connectivity index (χ2n) is 21.4. The van der Waals surface area contributed by atoms with Crippen LogP contribution in [0.1, 0.15) is 296 Å². The summed E-state index contributed by atoms with van der Waals surface area (Å²) in [7, 11) is 0. The molecule has 0 aromatic carbocycles. The van der Waals surface area contributed by atoms with Crippen LogP contribution in [0.15, 0.2) is 12.2 Å². The Labute approximate surface area is 436 Å². The Balaban J connectivity index is 2.06. The number of aliphatic hydroxyl groups is 5. The first-order valence-corrected chi connectivity index (χ1v) is 30.5. The average Bonchev–Trinajstić information content (AvgIpc) is 3.37. The predicted molar refractivity (Wildman–Crippen MR) is 292 cm³/mol. The van der Waals surface area contributed by atoms with E-state index in [2.05, 4.69) is 19.2 Å². The van der Waals surface area contributed by atoms with E-state index < -0.39 is 49.5 Å². The lowest BCUT2D eigenvalue weighted by molar-refractivity contribution is -0.302. The molecule has 0 bridgehead atoms. The molecule has 1 fully saturated rings. The van der Waals surface area contributed by atoms with Gasteiger partial charge in [0.15, 0.2) is 6.29 Å². The minimum absolute atomic E-state index is 0.00319. The molecule has 0 radical (unpaired) electrons. The van der Waals surface area contributed by atoms with Crippen LogP contribution in [-0.4, -0.2) is 100 Å². The number of nitrogens with one attached hydrogen (secondary N) is 1. The molecule has 1 aliphatic rings. The van der Waals surface area contributed by atoms with Gasteiger partial charge in [0.25, 0.3) is 0 Å². The van der Waals surface area contributed by atoms with Crippen LogP contribution in [-0.2, 0) is 23.8 Å². The first-order chi connectivity index (χ1) is 34.7. The molecule has 7 atom stereocenters. The van der Waals surface area contributed by atoms with E-state index in [1.54, 1.807) is 6.08 Å². The smallest absolute Gasteiger partial charge is 0.305 e. The highest BCUT2D eigenvalue weighted by Crippen LogP contribution is 2.23. The Bertz CT molecular complexity index is 1190. The zero-order valence-corrected chi connectivity index (χ0v) is 46.2. The summed E-state index contributed by atoms with van der Waals surface area (Å²) >= 11 is 0. The fourth-order valence-corrected chi connectivity index (χ4v) is 9.79. The largest absolute Gasteiger partial charge is 0.466 e. The van der Waals surface area contributed by atoms with Crippen molar-refractivity contribution in [1.82, 2.24) is 5.32 Å². The summed E-state index contributed by atoms with van der Waals surface area (Å²) in [4.78, 5) is 25.0. The molecule has 1 heterocycles. The molecule has 11 nitrogen and oxygen atoms in total. The van der Waals surface area contributed by atoms with Crippen LogP contribution in [0.3, 0.4) is 0 Å². The molecule has 1 saturated heterocycles. The molecule has 1 amide bonds. The fraction of sp³-hybridized carbons (Fsp3) is 0.933. The van der Waals surface area contributed by atoms with Crippen molar-refractivity contribution in [2.24, 2.45) is 0 Å². The topological polar surface area (TPSA) is 175 Å². The number of allylic oxidation sites excluding steroid dienone is 1. The summed E-state index contributed by atoms with van der Waals surface area (Å²) in [5.74, 6) is -0.186. The zero-order chi connectivity index (χ0) is 51.7. The number of carbonyl (C=O) groups excluding carboxylic acids is 2. The van der Waals surface area contributed by atoms with Crippen LogP contribution in [0, 0.1) is 0 Å². The quantitative estimate of drug-likeness (QED) is 0.0195. The third-order valence-electron chi connectivity index (χ3n) is 14.7. The van der Waals surface area contributed by atoms with Gasteiger partial charge in [-0.2, -0.15) is 0 Å². The van der Waals surface area contributed by atoms with Gasteiger partial charge in [0.1, 0.15) is 24.4 Å². The molecule has 420 valence electrons. The van der Waals surface area contributed by atoms with Crippen LogP contribution >= 0.6 is 0 Å². The van der Waals surface area contributed by atoms with E-state index in [0.717, 1.165) is 57.8 Å². The number of esters is 1. The van der Waals surface area contributed by atoms with E-state index in [1.165, 1.54) is 212 Å². The Kier molecular flexibility index (Phi) is 48.0. The lowest BCUT2D eigenvalue weighted by atomic mass is 9.99. The van der Waals surface area contributed by atoms with Gasteiger partial charge in [0.2, 0.25) is 5.91 Å². The number of rotatable bonds is 53. The highest BCUT2D eigenvalue weighted by atomic mass is 16.7. The molecule has 71 heavy (non-hydrogen) atoms. The van der Waals surface area contributed by atoms with Crippen molar-refractivity contribution < 1.29 is 49.3 Å². The van der Waals surface area contributed by atoms with Crippen molar-refractivity contribution in [2.45, 2.75) is 339 Å². The number of hydrogen-bond donors (Lipinski definition) is 6. The van der Waals surface area contributed by atoms with Gasteiger partial charge in [-0.1, -0.05) is 264 Å². The molecule has 1 rings (SSSR count). The van der Waals surface area contributed by atoms with Gasteiger partial charge in [-0.05, 0) is 32.1 Å². The third kappa shape index (κ3) is 40.4. The molecule has 0 aromatic rings. The first-order valence-electron chi connectivity index (χ1n) is 30.5. The van der Waals surface area contributed by atoms with Crippen molar-refractivity contribution >= 4 is 11.9 Å². The normalized spacial score (nSPS) is 19.1. The van der Waals surface area contributed by atoms with Gasteiger partial charge >= 0.3 is 5.97 Å². The van der Waals surface area contributed by atoms with Gasteiger partial charge in [-0.15, -0.1) is 0 Å². The molecule has 0 aromatic heterocycles. The maximum absolute atomic E-state index is 13.0. The highest BCUT2D eigenvalue weighted by Gasteiger charge is 2.44. The van der Waals surface area contributed by atoms with Crippen molar-refractivity contribution in [3.05, 3.63) is 12.2 Å². The number of aliphatic hydroxyl groups excluding tert-OH is 5. The Morgan fingerprint density at radius 1 is 0.507 bits per heavy atom. The summed E-state index contributed by atoms with van der Waals surface area (Å²) in [6, 6.07) is -0.810. The van der Waals surface area contributed by atoms with E-state index in [9.17, 15) is 35.1 Å². The van der Waals surface area contributed by atoms with E-state index >= 15 is 0 Å². The summed E-state index contributed by atoms with van der Waals surface area (Å²) in [5, 5.41) is 54.4. The van der Waals surface area contributed by atoms with Gasteiger partial charge in [0, 0.05) is 12.8 Å². The summed E-state index contributed by atoms with van der Waals surface area (Å²) in [5.41, 5.74) is 0. The van der Waals surface area contributed by atoms with Gasteiger partial charge in [0.05, 0.1) is 32.0 Å². The van der Waals surface area contributed by atoms with E-state index in [-0.39, 0.29) is 18.5 Å². The summed E-state index contributed by atoms with van der Waals surface area (Å²) in [6.45, 7) is 4.34. The maximum Gasteiger partial charge on any atom is 0.305 e. The predicted octanol–water partition coefficient (Wildman–Crippen LogP) is 14.0. The zero-order valence-electron chi connectivity index (χ0n) is 46.2. The Morgan fingerprint density at radius 3 is 1.31 bits per heavy atom. The van der Waals surface area contributed by atoms with Crippen LogP contribution < -0.4 is 5.32 Å². The number of unbranched alkanes of at least 4 members (excludes halogenated alkanes) is 39. The number of amides is 1.